The van der Waals surface area contributed by atoms with Gasteiger partial charge >= 0.3 is 0 Å². The van der Waals surface area contributed by atoms with E-state index in [-0.39, 0.29) is 25.2 Å². The molecule has 2 amide bonds. The molecule has 0 bridgehead atoms. The Hall–Kier alpha value is -2.25. The largest absolute Gasteiger partial charge is 0.452 e. The number of amides is 2. The first-order chi connectivity index (χ1) is 13.1. The van der Waals surface area contributed by atoms with Crippen LogP contribution in [0.5, 0.6) is 11.5 Å². The number of alkyl halides is 1. The van der Waals surface area contributed by atoms with E-state index in [9.17, 15) is 9.59 Å². The average Bonchev–Trinajstić information content (AvgIpc) is 3.18. The molecule has 0 unspecified atom stereocenters. The Morgan fingerprint density at radius 3 is 2.63 bits per heavy atom. The Balaban J connectivity index is 1.82. The second-order valence-electron chi connectivity index (χ2n) is 5.85. The van der Waals surface area contributed by atoms with E-state index in [1.54, 1.807) is 30.3 Å². The van der Waals surface area contributed by atoms with Crippen molar-refractivity contribution < 1.29 is 19.1 Å². The second-order valence-corrected chi connectivity index (χ2v) is 7.05. The van der Waals surface area contributed by atoms with Crippen LogP contribution in [0.15, 0.2) is 36.4 Å². The van der Waals surface area contributed by atoms with Gasteiger partial charge < -0.3 is 20.1 Å². The minimum absolute atomic E-state index is 0.0269. The zero-order valence-electron chi connectivity index (χ0n) is 14.4. The predicted molar refractivity (Wildman–Crippen MR) is 107 cm³/mol. The van der Waals surface area contributed by atoms with Crippen molar-refractivity contribution in [2.45, 2.75) is 19.4 Å². The van der Waals surface area contributed by atoms with Crippen LogP contribution in [0.25, 0.3) is 0 Å². The molecule has 3 rings (SSSR count). The van der Waals surface area contributed by atoms with Gasteiger partial charge in [0.15, 0.2) is 11.5 Å². The van der Waals surface area contributed by atoms with Crippen molar-refractivity contribution in [3.8, 4) is 11.5 Å². The molecule has 1 aliphatic heterocycles. The summed E-state index contributed by atoms with van der Waals surface area (Å²) in [6.07, 6.45) is 1.07. The topological polar surface area (TPSA) is 76.7 Å². The minimum Gasteiger partial charge on any atom is -0.452 e. The van der Waals surface area contributed by atoms with E-state index >= 15 is 0 Å². The Bertz CT molecular complexity index is 845. The highest BCUT2D eigenvalue weighted by atomic mass is 79.9. The third-order valence-electron chi connectivity index (χ3n) is 3.96. The van der Waals surface area contributed by atoms with Crippen molar-refractivity contribution in [1.82, 2.24) is 5.32 Å². The summed E-state index contributed by atoms with van der Waals surface area (Å²) in [6.45, 7) is 0.206. The number of nitrogens with one attached hydrogen (secondary N) is 2. The summed E-state index contributed by atoms with van der Waals surface area (Å²) in [4.78, 5) is 24.5. The molecule has 0 atom stereocenters. The van der Waals surface area contributed by atoms with Crippen LogP contribution in [0.3, 0.4) is 0 Å². The summed E-state index contributed by atoms with van der Waals surface area (Å²) in [5.41, 5.74) is 1.66. The van der Waals surface area contributed by atoms with E-state index in [4.69, 9.17) is 21.1 Å². The molecule has 1 aliphatic rings. The number of anilines is 1. The number of carbonyl (C=O) groups is 2. The molecule has 6 nitrogen and oxygen atoms in total. The SMILES string of the molecule is O=C(CCCBr)Nc1c(CNC(=O)c2ccccc2)cc(Cl)c2c1OCO2. The summed E-state index contributed by atoms with van der Waals surface area (Å²) in [5, 5.41) is 6.80. The van der Waals surface area contributed by atoms with E-state index in [2.05, 4.69) is 26.6 Å². The number of rotatable bonds is 7. The van der Waals surface area contributed by atoms with Crippen molar-refractivity contribution in [3.63, 3.8) is 0 Å². The smallest absolute Gasteiger partial charge is 0.251 e. The Morgan fingerprint density at radius 1 is 1.15 bits per heavy atom. The molecule has 0 spiro atoms. The minimum atomic E-state index is -0.221. The van der Waals surface area contributed by atoms with Crippen LogP contribution in [0.4, 0.5) is 5.69 Å². The molecular weight excluding hydrogens is 436 g/mol. The number of hydrogen-bond donors (Lipinski definition) is 2. The van der Waals surface area contributed by atoms with Gasteiger partial charge in [-0.05, 0) is 24.6 Å². The van der Waals surface area contributed by atoms with Gasteiger partial charge in [-0.25, -0.2) is 0 Å². The highest BCUT2D eigenvalue weighted by Gasteiger charge is 2.26. The molecular formula is C19H18BrClN2O4. The number of hydrogen-bond acceptors (Lipinski definition) is 4. The third-order valence-corrected chi connectivity index (χ3v) is 4.80. The maximum Gasteiger partial charge on any atom is 0.251 e. The molecule has 27 heavy (non-hydrogen) atoms. The summed E-state index contributed by atoms with van der Waals surface area (Å²) in [5.74, 6) is 0.412. The van der Waals surface area contributed by atoms with Crippen LogP contribution in [-0.2, 0) is 11.3 Å². The lowest BCUT2D eigenvalue weighted by atomic mass is 10.1. The second kappa shape index (κ2) is 9.10. The zero-order chi connectivity index (χ0) is 19.2. The summed E-state index contributed by atoms with van der Waals surface area (Å²) >= 11 is 9.57. The van der Waals surface area contributed by atoms with E-state index in [0.717, 1.165) is 5.33 Å². The van der Waals surface area contributed by atoms with Gasteiger partial charge in [-0.3, -0.25) is 9.59 Å². The Labute approximate surface area is 170 Å². The monoisotopic (exact) mass is 452 g/mol. The van der Waals surface area contributed by atoms with Crippen LogP contribution >= 0.6 is 27.5 Å². The molecule has 142 valence electrons. The summed E-state index contributed by atoms with van der Waals surface area (Å²) < 4.78 is 10.9. The Kier molecular flexibility index (Phi) is 6.58. The molecule has 2 N–H and O–H groups in total. The lowest BCUT2D eigenvalue weighted by Gasteiger charge is -2.15. The lowest BCUT2D eigenvalue weighted by molar-refractivity contribution is -0.116. The van der Waals surface area contributed by atoms with Crippen LogP contribution in [-0.4, -0.2) is 23.9 Å². The van der Waals surface area contributed by atoms with Crippen molar-refractivity contribution in [2.75, 3.05) is 17.4 Å². The molecule has 0 aromatic heterocycles. The average molecular weight is 454 g/mol. The van der Waals surface area contributed by atoms with Gasteiger partial charge in [-0.15, -0.1) is 0 Å². The Morgan fingerprint density at radius 2 is 1.89 bits per heavy atom. The molecule has 0 aliphatic carbocycles. The van der Waals surface area contributed by atoms with E-state index in [1.807, 2.05) is 6.07 Å². The first kappa shape index (κ1) is 19.5. The van der Waals surface area contributed by atoms with Crippen molar-refractivity contribution in [3.05, 3.63) is 52.5 Å². The molecule has 0 saturated heterocycles. The van der Waals surface area contributed by atoms with Gasteiger partial charge in [0.2, 0.25) is 12.7 Å². The molecule has 1 heterocycles. The summed E-state index contributed by atoms with van der Waals surface area (Å²) in [7, 11) is 0. The number of carbonyl (C=O) groups excluding carboxylic acids is 2. The van der Waals surface area contributed by atoms with Gasteiger partial charge in [0.1, 0.15) is 0 Å². The first-order valence-electron chi connectivity index (χ1n) is 8.40. The van der Waals surface area contributed by atoms with Crippen LogP contribution in [0.2, 0.25) is 5.02 Å². The van der Waals surface area contributed by atoms with Gasteiger partial charge in [0.05, 0.1) is 10.7 Å². The van der Waals surface area contributed by atoms with Crippen molar-refractivity contribution >= 4 is 45.0 Å². The molecule has 0 saturated carbocycles. The highest BCUT2D eigenvalue weighted by Crippen LogP contribution is 2.46. The summed E-state index contributed by atoms with van der Waals surface area (Å²) in [6, 6.07) is 10.6. The lowest BCUT2D eigenvalue weighted by Crippen LogP contribution is -2.24. The number of halogens is 2. The standard InChI is InChI=1S/C19H18BrClN2O4/c20-8-4-7-15(24)23-16-13(9-14(21)17-18(16)27-11-26-17)10-22-19(25)12-5-2-1-3-6-12/h1-3,5-6,9H,4,7-8,10-11H2,(H,22,25)(H,23,24). The van der Waals surface area contributed by atoms with Crippen molar-refractivity contribution in [1.29, 1.82) is 0 Å². The maximum absolute atomic E-state index is 12.3. The number of benzene rings is 2. The third kappa shape index (κ3) is 4.73. The fourth-order valence-corrected chi connectivity index (χ4v) is 3.20. The van der Waals surface area contributed by atoms with Crippen LogP contribution < -0.4 is 20.1 Å². The fourth-order valence-electron chi connectivity index (χ4n) is 2.65. The van der Waals surface area contributed by atoms with E-state index in [1.165, 1.54) is 0 Å². The fraction of sp³-hybridized carbons (Fsp3) is 0.263. The maximum atomic E-state index is 12.3. The predicted octanol–water partition coefficient (Wildman–Crippen LogP) is 4.11. The quantitative estimate of drug-likeness (QED) is 0.619. The van der Waals surface area contributed by atoms with E-state index in [0.29, 0.717) is 46.2 Å². The molecule has 0 fully saturated rings. The van der Waals surface area contributed by atoms with Crippen LogP contribution in [0.1, 0.15) is 28.8 Å². The van der Waals surface area contributed by atoms with Crippen molar-refractivity contribution in [2.24, 2.45) is 0 Å². The number of ether oxygens (including phenoxy) is 2. The van der Waals surface area contributed by atoms with Gasteiger partial charge in [-0.1, -0.05) is 45.7 Å². The van der Waals surface area contributed by atoms with Gasteiger partial charge in [0, 0.05) is 29.4 Å². The van der Waals surface area contributed by atoms with Gasteiger partial charge in [-0.2, -0.15) is 0 Å². The van der Waals surface area contributed by atoms with Gasteiger partial charge in [0.25, 0.3) is 5.91 Å². The number of fused-ring (bicyclic) bond motifs is 1. The first-order valence-corrected chi connectivity index (χ1v) is 9.90. The molecule has 2 aromatic carbocycles. The molecule has 2 aromatic rings. The van der Waals surface area contributed by atoms with E-state index < -0.39 is 0 Å². The highest BCUT2D eigenvalue weighted by molar-refractivity contribution is 9.09. The normalized spacial score (nSPS) is 11.9. The van der Waals surface area contributed by atoms with Crippen LogP contribution in [0, 0.1) is 0 Å². The molecule has 8 heteroatoms. The zero-order valence-corrected chi connectivity index (χ0v) is 16.7. The molecule has 0 radical (unpaired) electrons.